The average Bonchev–Trinajstić information content (AvgIpc) is 2.89. The van der Waals surface area contributed by atoms with E-state index in [0.29, 0.717) is 27.5 Å². The number of aryl methyl sites for hydroxylation is 1. The van der Waals surface area contributed by atoms with E-state index in [0.717, 1.165) is 0 Å². The first kappa shape index (κ1) is 24.0. The number of hydrazone groups is 1. The molecule has 3 N–H and O–H groups in total. The van der Waals surface area contributed by atoms with Crippen LogP contribution in [0.4, 0.5) is 5.69 Å². The lowest BCUT2D eigenvalue weighted by atomic mass is 10.0. The molecule has 0 saturated carbocycles. The van der Waals surface area contributed by atoms with Crippen molar-refractivity contribution in [2.45, 2.75) is 13.0 Å². The number of hydrogen-bond acceptors (Lipinski definition) is 7. The second-order valence-corrected chi connectivity index (χ2v) is 7.79. The number of nitro benzene ring substituents is 1. The van der Waals surface area contributed by atoms with E-state index in [1.807, 2.05) is 0 Å². The number of nitro groups is 1. The Labute approximate surface area is 204 Å². The van der Waals surface area contributed by atoms with Gasteiger partial charge in [-0.05, 0) is 25.1 Å². The van der Waals surface area contributed by atoms with Gasteiger partial charge in [0.1, 0.15) is 5.69 Å². The third kappa shape index (κ3) is 5.14. The largest absolute Gasteiger partial charge is 0.335 e. The smallest absolute Gasteiger partial charge is 0.272 e. The van der Waals surface area contributed by atoms with Crippen LogP contribution in [-0.2, 0) is 4.79 Å². The van der Waals surface area contributed by atoms with Gasteiger partial charge in [-0.15, -0.1) is 0 Å². The highest BCUT2D eigenvalue weighted by molar-refractivity contribution is 5.99. The number of carbonyl (C=O) groups is 2. The summed E-state index contributed by atoms with van der Waals surface area (Å²) in [7, 11) is 0. The highest BCUT2D eigenvalue weighted by atomic mass is 16.6. The Morgan fingerprint density at radius 2 is 1.75 bits per heavy atom. The molecule has 1 heterocycles. The molecule has 0 aliphatic carbocycles. The van der Waals surface area contributed by atoms with Crippen molar-refractivity contribution < 1.29 is 14.5 Å². The van der Waals surface area contributed by atoms with E-state index in [1.165, 1.54) is 12.3 Å². The number of amides is 2. The van der Waals surface area contributed by atoms with Gasteiger partial charge in [0.2, 0.25) is 0 Å². The van der Waals surface area contributed by atoms with Crippen molar-refractivity contribution in [2.24, 2.45) is 5.10 Å². The molecule has 180 valence electrons. The number of aromatic amines is 1. The first-order valence-electron chi connectivity index (χ1n) is 10.8. The molecule has 1 aromatic heterocycles. The van der Waals surface area contributed by atoms with Crippen molar-refractivity contribution in [1.82, 2.24) is 20.9 Å². The van der Waals surface area contributed by atoms with Crippen LogP contribution < -0.4 is 16.3 Å². The number of nitrogens with one attached hydrogen (secondary N) is 3. The van der Waals surface area contributed by atoms with E-state index < -0.39 is 28.3 Å². The van der Waals surface area contributed by atoms with Crippen molar-refractivity contribution in [3.63, 3.8) is 0 Å². The van der Waals surface area contributed by atoms with E-state index in [2.05, 4.69) is 26.0 Å². The van der Waals surface area contributed by atoms with Crippen LogP contribution in [0.15, 0.2) is 82.7 Å². The third-order valence-electron chi connectivity index (χ3n) is 5.39. The zero-order valence-corrected chi connectivity index (χ0v) is 19.0. The van der Waals surface area contributed by atoms with Gasteiger partial charge < -0.3 is 5.32 Å². The van der Waals surface area contributed by atoms with Gasteiger partial charge in [-0.2, -0.15) is 10.2 Å². The summed E-state index contributed by atoms with van der Waals surface area (Å²) < 4.78 is 0. The molecule has 0 spiro atoms. The van der Waals surface area contributed by atoms with Crippen LogP contribution in [0, 0.1) is 17.0 Å². The topological polar surface area (TPSA) is 159 Å². The van der Waals surface area contributed by atoms with Gasteiger partial charge in [0.15, 0.2) is 6.04 Å². The fraction of sp³-hybridized carbons (Fsp3) is 0.0800. The Morgan fingerprint density at radius 3 is 2.47 bits per heavy atom. The summed E-state index contributed by atoms with van der Waals surface area (Å²) in [4.78, 5) is 48.9. The predicted octanol–water partition coefficient (Wildman–Crippen LogP) is 2.76. The number of hydrogen-bond donors (Lipinski definition) is 3. The molecule has 11 nitrogen and oxygen atoms in total. The quantitative estimate of drug-likeness (QED) is 0.208. The van der Waals surface area contributed by atoms with Crippen molar-refractivity contribution in [1.29, 1.82) is 0 Å². The lowest BCUT2D eigenvalue weighted by Gasteiger charge is -2.18. The van der Waals surface area contributed by atoms with Gasteiger partial charge >= 0.3 is 0 Å². The fourth-order valence-electron chi connectivity index (χ4n) is 3.56. The molecule has 0 unspecified atom stereocenters. The molecule has 1 atom stereocenters. The van der Waals surface area contributed by atoms with Crippen LogP contribution in [0.2, 0.25) is 0 Å². The lowest BCUT2D eigenvalue weighted by molar-refractivity contribution is -0.385. The van der Waals surface area contributed by atoms with Crippen molar-refractivity contribution >= 4 is 34.5 Å². The van der Waals surface area contributed by atoms with Gasteiger partial charge in [0, 0.05) is 28.1 Å². The van der Waals surface area contributed by atoms with Crippen LogP contribution in [0.1, 0.15) is 33.2 Å². The summed E-state index contributed by atoms with van der Waals surface area (Å²) in [6.07, 6.45) is 1.25. The number of nitrogens with zero attached hydrogens (tertiary/aromatic N) is 3. The maximum Gasteiger partial charge on any atom is 0.272 e. The Morgan fingerprint density at radius 1 is 1.06 bits per heavy atom. The Hall–Kier alpha value is -5.19. The number of aromatic nitrogens is 2. The molecule has 11 heteroatoms. The summed E-state index contributed by atoms with van der Waals surface area (Å²) in [5, 5.41) is 24.8. The van der Waals surface area contributed by atoms with Gasteiger partial charge in [-0.1, -0.05) is 48.5 Å². The summed E-state index contributed by atoms with van der Waals surface area (Å²) in [6.45, 7) is 1.61. The highest BCUT2D eigenvalue weighted by Crippen LogP contribution is 2.21. The molecule has 0 fully saturated rings. The maximum atomic E-state index is 13.2. The van der Waals surface area contributed by atoms with Crippen molar-refractivity contribution in [3.8, 4) is 0 Å². The lowest BCUT2D eigenvalue weighted by Crippen LogP contribution is -2.40. The summed E-state index contributed by atoms with van der Waals surface area (Å²) in [5.41, 5.74) is 3.14. The highest BCUT2D eigenvalue weighted by Gasteiger charge is 2.27. The van der Waals surface area contributed by atoms with Gasteiger partial charge in [0.05, 0.1) is 16.5 Å². The van der Waals surface area contributed by atoms with Crippen molar-refractivity contribution in [2.75, 3.05) is 0 Å². The third-order valence-corrected chi connectivity index (χ3v) is 5.39. The molecule has 0 aliphatic rings. The normalized spacial score (nSPS) is 11.8. The standard InChI is InChI=1S/C25H20N6O5/c1-15-11-12-16(13-20(15)31(35)36)14-26-29-25(34)22(27-23(32)17-7-3-2-4-8-17)21-18-9-5-6-10-19(18)24(33)30-28-21/h2-14,22H,1H3,(H,27,32)(H,29,34)(H,30,33)/t22-/m1/s1. The monoisotopic (exact) mass is 484 g/mol. The zero-order valence-electron chi connectivity index (χ0n) is 19.0. The molecule has 3 aromatic carbocycles. The molecular formula is C25H20N6O5. The number of fused-ring (bicyclic) bond motifs is 1. The Kier molecular flexibility index (Phi) is 6.91. The zero-order chi connectivity index (χ0) is 25.7. The van der Waals surface area contributed by atoms with E-state index in [9.17, 15) is 24.5 Å². The minimum atomic E-state index is -1.32. The second-order valence-electron chi connectivity index (χ2n) is 7.79. The Balaban J connectivity index is 1.66. The number of carbonyl (C=O) groups excluding carboxylic acids is 2. The van der Waals surface area contributed by atoms with Gasteiger partial charge in [-0.3, -0.25) is 24.5 Å². The van der Waals surface area contributed by atoms with Crippen LogP contribution in [0.3, 0.4) is 0 Å². The minimum absolute atomic E-state index is 0.0813. The van der Waals surface area contributed by atoms with Crippen molar-refractivity contribution in [3.05, 3.63) is 116 Å². The number of benzene rings is 3. The molecule has 4 rings (SSSR count). The minimum Gasteiger partial charge on any atom is -0.335 e. The SMILES string of the molecule is Cc1ccc(C=NNC(=O)[C@H](NC(=O)c2ccccc2)c2n[nH]c(=O)c3ccccc23)cc1[N+](=O)[O-]. The molecule has 0 saturated heterocycles. The molecule has 0 bridgehead atoms. The average molecular weight is 484 g/mol. The van der Waals surface area contributed by atoms with Crippen LogP contribution in [0.5, 0.6) is 0 Å². The molecule has 0 aliphatic heterocycles. The fourth-order valence-corrected chi connectivity index (χ4v) is 3.56. The van der Waals surface area contributed by atoms with Gasteiger partial charge in [-0.25, -0.2) is 10.5 Å². The molecule has 36 heavy (non-hydrogen) atoms. The number of rotatable bonds is 7. The molecular weight excluding hydrogens is 464 g/mol. The predicted molar refractivity (Wildman–Crippen MR) is 133 cm³/mol. The first-order valence-corrected chi connectivity index (χ1v) is 10.8. The molecule has 4 aromatic rings. The van der Waals surface area contributed by atoms with Crippen LogP contribution in [-0.4, -0.2) is 33.1 Å². The van der Waals surface area contributed by atoms with Crippen LogP contribution in [0.25, 0.3) is 10.8 Å². The molecule has 0 radical (unpaired) electrons. The van der Waals surface area contributed by atoms with Gasteiger partial charge in [0.25, 0.3) is 23.1 Å². The Bertz CT molecular complexity index is 1550. The first-order chi connectivity index (χ1) is 17.3. The molecule has 2 amide bonds. The van der Waals surface area contributed by atoms with Crippen LogP contribution >= 0.6 is 0 Å². The number of H-pyrrole nitrogens is 1. The van der Waals surface area contributed by atoms with E-state index in [1.54, 1.807) is 73.7 Å². The second kappa shape index (κ2) is 10.4. The summed E-state index contributed by atoms with van der Waals surface area (Å²) >= 11 is 0. The summed E-state index contributed by atoms with van der Waals surface area (Å²) in [6, 6.07) is 18.0. The summed E-state index contributed by atoms with van der Waals surface area (Å²) in [5.74, 6) is -1.27. The van der Waals surface area contributed by atoms with E-state index >= 15 is 0 Å². The maximum absolute atomic E-state index is 13.2. The van der Waals surface area contributed by atoms with E-state index in [4.69, 9.17) is 0 Å². The van der Waals surface area contributed by atoms with E-state index in [-0.39, 0.29) is 11.4 Å².